The molecule has 0 radical (unpaired) electrons. The van der Waals surface area contributed by atoms with Gasteiger partial charge in [-0.15, -0.1) is 11.3 Å². The number of aromatic nitrogens is 1. The van der Waals surface area contributed by atoms with E-state index in [0.29, 0.717) is 18.2 Å². The molecule has 1 amide bonds. The maximum Gasteiger partial charge on any atom is 0.271 e. The lowest BCUT2D eigenvalue weighted by Gasteiger charge is -2.20. The predicted octanol–water partition coefficient (Wildman–Crippen LogP) is 3.30. The Morgan fingerprint density at radius 2 is 2.32 bits per heavy atom. The van der Waals surface area contributed by atoms with Gasteiger partial charge in [0.15, 0.2) is 0 Å². The van der Waals surface area contributed by atoms with E-state index >= 15 is 0 Å². The van der Waals surface area contributed by atoms with Crippen molar-refractivity contribution in [2.45, 2.75) is 25.3 Å². The topological polar surface area (TPSA) is 54.0 Å². The van der Waals surface area contributed by atoms with Crippen LogP contribution in [0.2, 0.25) is 0 Å². The number of hydrogen-bond acceptors (Lipinski definition) is 4. The molecule has 2 heterocycles. The second kappa shape index (κ2) is 7.35. The van der Waals surface area contributed by atoms with E-state index in [1.807, 2.05) is 29.6 Å². The molecule has 1 aliphatic rings. The van der Waals surface area contributed by atoms with Gasteiger partial charge >= 0.3 is 0 Å². The van der Waals surface area contributed by atoms with Crippen LogP contribution in [-0.2, 0) is 6.54 Å². The molecular weight excluding hydrogens is 362 g/mol. The molecular formula is C16H18BrN3OS. The van der Waals surface area contributed by atoms with Crippen LogP contribution < -0.4 is 10.6 Å². The van der Waals surface area contributed by atoms with Crippen LogP contribution in [-0.4, -0.2) is 24.0 Å². The highest BCUT2D eigenvalue weighted by atomic mass is 79.9. The van der Waals surface area contributed by atoms with Crippen LogP contribution in [0.3, 0.4) is 0 Å². The smallest absolute Gasteiger partial charge is 0.271 e. The van der Waals surface area contributed by atoms with Crippen molar-refractivity contribution in [1.29, 1.82) is 0 Å². The van der Waals surface area contributed by atoms with Crippen LogP contribution in [0, 0.1) is 0 Å². The minimum Gasteiger partial charge on any atom is -0.347 e. The van der Waals surface area contributed by atoms with E-state index in [0.717, 1.165) is 34.6 Å². The third kappa shape index (κ3) is 3.74. The lowest BCUT2D eigenvalue weighted by Crippen LogP contribution is -2.28. The van der Waals surface area contributed by atoms with Crippen molar-refractivity contribution in [1.82, 2.24) is 15.6 Å². The molecule has 1 aromatic heterocycles. The molecule has 1 atom stereocenters. The van der Waals surface area contributed by atoms with E-state index in [1.165, 1.54) is 6.42 Å². The molecule has 0 spiro atoms. The van der Waals surface area contributed by atoms with Crippen molar-refractivity contribution in [3.63, 3.8) is 0 Å². The van der Waals surface area contributed by atoms with Crippen molar-refractivity contribution >= 4 is 33.2 Å². The molecule has 4 nitrogen and oxygen atoms in total. The van der Waals surface area contributed by atoms with Gasteiger partial charge < -0.3 is 10.6 Å². The zero-order valence-corrected chi connectivity index (χ0v) is 14.5. The lowest BCUT2D eigenvalue weighted by molar-refractivity contribution is 0.0946. The highest BCUT2D eigenvalue weighted by Crippen LogP contribution is 2.26. The van der Waals surface area contributed by atoms with Gasteiger partial charge in [-0.05, 0) is 31.0 Å². The van der Waals surface area contributed by atoms with Gasteiger partial charge in [-0.25, -0.2) is 4.98 Å². The third-order valence-electron chi connectivity index (χ3n) is 3.80. The lowest BCUT2D eigenvalue weighted by atomic mass is 10.0. The zero-order chi connectivity index (χ0) is 15.4. The normalized spacial score (nSPS) is 18.1. The molecule has 3 rings (SSSR count). The molecule has 1 unspecified atom stereocenters. The summed E-state index contributed by atoms with van der Waals surface area (Å²) < 4.78 is 1.00. The number of carbonyl (C=O) groups is 1. The quantitative estimate of drug-likeness (QED) is 0.856. The Morgan fingerprint density at radius 1 is 1.45 bits per heavy atom. The second-order valence-corrected chi connectivity index (χ2v) is 7.13. The summed E-state index contributed by atoms with van der Waals surface area (Å²) in [7, 11) is 0. The average Bonchev–Trinajstić information content (AvgIpc) is 3.05. The first kappa shape index (κ1) is 15.6. The van der Waals surface area contributed by atoms with E-state index in [-0.39, 0.29) is 5.91 Å². The van der Waals surface area contributed by atoms with Crippen LogP contribution in [0.4, 0.5) is 0 Å². The van der Waals surface area contributed by atoms with Crippen LogP contribution >= 0.6 is 27.3 Å². The highest BCUT2D eigenvalue weighted by molar-refractivity contribution is 9.10. The minimum atomic E-state index is -0.109. The zero-order valence-electron chi connectivity index (χ0n) is 12.1. The summed E-state index contributed by atoms with van der Waals surface area (Å²) in [6.45, 7) is 2.55. The molecule has 0 saturated carbocycles. The van der Waals surface area contributed by atoms with Crippen LogP contribution in [0.15, 0.2) is 34.1 Å². The van der Waals surface area contributed by atoms with E-state index in [2.05, 4.69) is 31.5 Å². The number of nitrogens with one attached hydrogen (secondary N) is 2. The number of benzene rings is 1. The maximum absolute atomic E-state index is 12.2. The third-order valence-corrected chi connectivity index (χ3v) is 5.58. The number of amides is 1. The Kier molecular flexibility index (Phi) is 5.23. The molecule has 1 aliphatic heterocycles. The number of piperidine rings is 1. The van der Waals surface area contributed by atoms with Crippen molar-refractivity contribution in [3.05, 3.63) is 50.4 Å². The molecule has 22 heavy (non-hydrogen) atoms. The number of halogens is 1. The predicted molar refractivity (Wildman–Crippen MR) is 92.3 cm³/mol. The average molecular weight is 380 g/mol. The standard InChI is InChI=1S/C16H18BrN3OS/c17-13-6-2-1-4-11(13)9-19-15(21)14-10-22-16(20-14)12-5-3-7-18-8-12/h1-2,4,6,10,12,18H,3,5,7-9H2,(H,19,21). The Balaban J connectivity index is 1.61. The van der Waals surface area contributed by atoms with E-state index in [1.54, 1.807) is 11.3 Å². The van der Waals surface area contributed by atoms with Gasteiger partial charge in [-0.3, -0.25) is 4.79 Å². The summed E-state index contributed by atoms with van der Waals surface area (Å²) in [5, 5.41) is 9.25. The number of rotatable bonds is 4. The Hall–Kier alpha value is -1.24. The number of carbonyl (C=O) groups excluding carboxylic acids is 1. The van der Waals surface area contributed by atoms with Gasteiger partial charge in [-0.2, -0.15) is 0 Å². The van der Waals surface area contributed by atoms with Crippen molar-refractivity contribution in [2.24, 2.45) is 0 Å². The summed E-state index contributed by atoms with van der Waals surface area (Å²) in [5.74, 6) is 0.339. The van der Waals surface area contributed by atoms with E-state index in [4.69, 9.17) is 0 Å². The summed E-state index contributed by atoms with van der Waals surface area (Å²) >= 11 is 5.08. The van der Waals surface area contributed by atoms with Crippen LogP contribution in [0.25, 0.3) is 0 Å². The van der Waals surface area contributed by atoms with Gasteiger partial charge in [0.25, 0.3) is 5.91 Å². The second-order valence-electron chi connectivity index (χ2n) is 5.39. The van der Waals surface area contributed by atoms with Crippen molar-refractivity contribution in [2.75, 3.05) is 13.1 Å². The number of hydrogen-bond donors (Lipinski definition) is 2. The maximum atomic E-state index is 12.2. The fourth-order valence-corrected chi connectivity index (χ4v) is 3.91. The molecule has 0 bridgehead atoms. The fraction of sp³-hybridized carbons (Fsp3) is 0.375. The SMILES string of the molecule is O=C(NCc1ccccc1Br)c1csc(C2CCCNC2)n1. The van der Waals surface area contributed by atoms with E-state index < -0.39 is 0 Å². The first-order chi connectivity index (χ1) is 10.7. The monoisotopic (exact) mass is 379 g/mol. The Bertz CT molecular complexity index is 652. The first-order valence-electron chi connectivity index (χ1n) is 7.42. The van der Waals surface area contributed by atoms with Gasteiger partial charge in [0.2, 0.25) is 0 Å². The molecule has 1 aromatic carbocycles. The Labute approximate surface area is 142 Å². The molecule has 2 aromatic rings. The summed E-state index contributed by atoms with van der Waals surface area (Å²) in [5.41, 5.74) is 1.58. The molecule has 1 fully saturated rings. The minimum absolute atomic E-state index is 0.109. The fourth-order valence-electron chi connectivity index (χ4n) is 2.55. The summed E-state index contributed by atoms with van der Waals surface area (Å²) in [6, 6.07) is 7.88. The summed E-state index contributed by atoms with van der Waals surface area (Å²) in [6.07, 6.45) is 2.33. The number of thiazole rings is 1. The largest absolute Gasteiger partial charge is 0.347 e. The molecule has 0 aliphatic carbocycles. The number of nitrogens with zero attached hydrogens (tertiary/aromatic N) is 1. The van der Waals surface area contributed by atoms with Crippen molar-refractivity contribution < 1.29 is 4.79 Å². The van der Waals surface area contributed by atoms with Gasteiger partial charge in [0.1, 0.15) is 5.69 Å². The van der Waals surface area contributed by atoms with Crippen molar-refractivity contribution in [3.8, 4) is 0 Å². The van der Waals surface area contributed by atoms with E-state index in [9.17, 15) is 4.79 Å². The first-order valence-corrected chi connectivity index (χ1v) is 9.09. The van der Waals surface area contributed by atoms with Gasteiger partial charge in [-0.1, -0.05) is 34.1 Å². The molecule has 1 saturated heterocycles. The van der Waals surface area contributed by atoms with Crippen LogP contribution in [0.1, 0.15) is 39.8 Å². The molecule has 116 valence electrons. The molecule has 2 N–H and O–H groups in total. The highest BCUT2D eigenvalue weighted by Gasteiger charge is 2.20. The van der Waals surface area contributed by atoms with Gasteiger partial charge in [0.05, 0.1) is 5.01 Å². The van der Waals surface area contributed by atoms with Gasteiger partial charge in [0, 0.05) is 28.9 Å². The Morgan fingerprint density at radius 3 is 3.09 bits per heavy atom. The summed E-state index contributed by atoms with van der Waals surface area (Å²) in [4.78, 5) is 16.8. The van der Waals surface area contributed by atoms with Crippen LogP contribution in [0.5, 0.6) is 0 Å². The molecule has 6 heteroatoms.